The lowest BCUT2D eigenvalue weighted by Gasteiger charge is -2.39. The number of rotatable bonds is 0. The molecule has 1 spiro atoms. The third-order valence-electron chi connectivity index (χ3n) is 4.19. The van der Waals surface area contributed by atoms with E-state index in [4.69, 9.17) is 4.74 Å². The molecule has 0 radical (unpaired) electrons. The van der Waals surface area contributed by atoms with Crippen LogP contribution in [0.4, 0.5) is 0 Å². The van der Waals surface area contributed by atoms with Gasteiger partial charge in [0.25, 0.3) is 0 Å². The predicted molar refractivity (Wildman–Crippen MR) is 67.4 cm³/mol. The molecular weight excluding hydrogens is 226 g/mol. The predicted octanol–water partition coefficient (Wildman–Crippen LogP) is 1.70. The summed E-state index contributed by atoms with van der Waals surface area (Å²) in [4.78, 5) is 12.1. The van der Waals surface area contributed by atoms with E-state index < -0.39 is 0 Å². The smallest absolute Gasteiger partial charge is 0.248 e. The summed E-state index contributed by atoms with van der Waals surface area (Å²) in [7, 11) is 0. The van der Waals surface area contributed by atoms with E-state index in [2.05, 4.69) is 17.5 Å². The van der Waals surface area contributed by atoms with Crippen LogP contribution < -0.4 is 10.1 Å². The molecule has 1 amide bonds. The highest BCUT2D eigenvalue weighted by Crippen LogP contribution is 2.52. The highest BCUT2D eigenvalue weighted by Gasteiger charge is 2.54. The summed E-state index contributed by atoms with van der Waals surface area (Å²) in [5, 5.41) is 2.92. The van der Waals surface area contributed by atoms with Crippen LogP contribution in [0.1, 0.15) is 12.0 Å². The van der Waals surface area contributed by atoms with Crippen molar-refractivity contribution in [2.24, 2.45) is 0 Å². The molecule has 2 unspecified atom stereocenters. The van der Waals surface area contributed by atoms with E-state index in [0.29, 0.717) is 6.54 Å². The van der Waals surface area contributed by atoms with Gasteiger partial charge >= 0.3 is 0 Å². The van der Waals surface area contributed by atoms with Crippen molar-refractivity contribution in [1.29, 1.82) is 0 Å². The zero-order valence-corrected chi connectivity index (χ0v) is 9.85. The molecule has 90 valence electrons. The molecule has 0 aromatic heterocycles. The fraction of sp³-hybridized carbons (Fsp3) is 0.267. The first-order valence-electron chi connectivity index (χ1n) is 6.26. The zero-order valence-electron chi connectivity index (χ0n) is 9.85. The number of carbonyl (C=O) groups excluding carboxylic acids is 1. The molecule has 1 aromatic rings. The Morgan fingerprint density at radius 1 is 1.33 bits per heavy atom. The molecule has 0 bridgehead atoms. The Morgan fingerprint density at radius 2 is 2.22 bits per heavy atom. The highest BCUT2D eigenvalue weighted by molar-refractivity contribution is 5.98. The number of para-hydroxylation sites is 1. The molecule has 2 heterocycles. The zero-order chi connectivity index (χ0) is 12.2. The van der Waals surface area contributed by atoms with Crippen LogP contribution in [0, 0.1) is 0 Å². The quantitative estimate of drug-likeness (QED) is 0.748. The lowest BCUT2D eigenvalue weighted by Crippen LogP contribution is -2.51. The standard InChI is InChI=1S/C15H13NO2/c17-14-11-5-3-7-13-15(11,8-9-16-14)10-4-1-2-6-12(10)18-13/h1-7,13H,8-9H2,(H,16,17). The van der Waals surface area contributed by atoms with Gasteiger partial charge in [-0.1, -0.05) is 30.4 Å². The number of benzene rings is 1. The first-order valence-corrected chi connectivity index (χ1v) is 6.26. The number of piperidine rings is 1. The summed E-state index contributed by atoms with van der Waals surface area (Å²) < 4.78 is 6.01. The van der Waals surface area contributed by atoms with Gasteiger partial charge in [0.2, 0.25) is 5.91 Å². The van der Waals surface area contributed by atoms with Crippen LogP contribution in [0.25, 0.3) is 0 Å². The molecule has 3 aliphatic rings. The molecule has 3 nitrogen and oxygen atoms in total. The molecule has 4 rings (SSSR count). The third-order valence-corrected chi connectivity index (χ3v) is 4.19. The summed E-state index contributed by atoms with van der Waals surface area (Å²) in [5.41, 5.74) is 1.72. The molecule has 0 saturated carbocycles. The molecule has 1 fully saturated rings. The Kier molecular flexibility index (Phi) is 1.80. The number of fused-ring (bicyclic) bond motifs is 1. The van der Waals surface area contributed by atoms with Gasteiger partial charge in [0.05, 0.1) is 5.41 Å². The number of ether oxygens (including phenoxy) is 1. The summed E-state index contributed by atoms with van der Waals surface area (Å²) in [6.45, 7) is 0.707. The Hall–Kier alpha value is -2.03. The van der Waals surface area contributed by atoms with Crippen LogP contribution in [0.5, 0.6) is 5.75 Å². The minimum atomic E-state index is -0.270. The van der Waals surface area contributed by atoms with Crippen LogP contribution >= 0.6 is 0 Å². The molecule has 1 aromatic carbocycles. The second-order valence-corrected chi connectivity index (χ2v) is 4.98. The molecule has 2 aliphatic heterocycles. The average molecular weight is 239 g/mol. The number of amides is 1. The second-order valence-electron chi connectivity index (χ2n) is 4.98. The normalized spacial score (nSPS) is 31.7. The topological polar surface area (TPSA) is 38.3 Å². The lowest BCUT2D eigenvalue weighted by atomic mass is 9.65. The van der Waals surface area contributed by atoms with Crippen LogP contribution in [-0.2, 0) is 10.2 Å². The Morgan fingerprint density at radius 3 is 3.17 bits per heavy atom. The Balaban J connectivity index is 1.99. The van der Waals surface area contributed by atoms with Crippen molar-refractivity contribution in [3.05, 3.63) is 53.6 Å². The average Bonchev–Trinajstić information content (AvgIpc) is 2.72. The lowest BCUT2D eigenvalue weighted by molar-refractivity contribution is -0.119. The van der Waals surface area contributed by atoms with Crippen molar-refractivity contribution in [3.8, 4) is 5.75 Å². The van der Waals surface area contributed by atoms with Crippen molar-refractivity contribution in [2.45, 2.75) is 17.9 Å². The SMILES string of the molecule is O=C1NCCC23C1=CC=CC2Oc1ccccc13. The van der Waals surface area contributed by atoms with Gasteiger partial charge in [-0.25, -0.2) is 0 Å². The van der Waals surface area contributed by atoms with Crippen molar-refractivity contribution >= 4 is 5.91 Å². The molecule has 2 atom stereocenters. The van der Waals surface area contributed by atoms with Crippen molar-refractivity contribution in [1.82, 2.24) is 5.32 Å². The maximum Gasteiger partial charge on any atom is 0.248 e. The molecule has 1 N–H and O–H groups in total. The van der Waals surface area contributed by atoms with Crippen LogP contribution in [0.2, 0.25) is 0 Å². The monoisotopic (exact) mass is 239 g/mol. The number of allylic oxidation sites excluding steroid dienone is 2. The molecule has 1 aliphatic carbocycles. The van der Waals surface area contributed by atoms with Gasteiger partial charge in [-0.05, 0) is 18.6 Å². The first-order chi connectivity index (χ1) is 8.82. The van der Waals surface area contributed by atoms with E-state index in [1.807, 2.05) is 30.4 Å². The molecular formula is C15H13NO2. The van der Waals surface area contributed by atoms with E-state index in [1.165, 1.54) is 0 Å². The number of hydrogen-bond donors (Lipinski definition) is 1. The van der Waals surface area contributed by atoms with E-state index in [0.717, 1.165) is 23.3 Å². The molecule has 3 heteroatoms. The molecule has 1 saturated heterocycles. The van der Waals surface area contributed by atoms with Crippen molar-refractivity contribution in [2.75, 3.05) is 6.54 Å². The van der Waals surface area contributed by atoms with Gasteiger partial charge in [0, 0.05) is 17.7 Å². The van der Waals surface area contributed by atoms with E-state index in [9.17, 15) is 4.79 Å². The summed E-state index contributed by atoms with van der Waals surface area (Å²) >= 11 is 0. The summed E-state index contributed by atoms with van der Waals surface area (Å²) in [5.74, 6) is 0.950. The highest BCUT2D eigenvalue weighted by atomic mass is 16.5. The maximum atomic E-state index is 12.1. The van der Waals surface area contributed by atoms with Gasteiger partial charge in [0.15, 0.2) is 0 Å². The third kappa shape index (κ3) is 1.02. The fourth-order valence-electron chi connectivity index (χ4n) is 3.39. The maximum absolute atomic E-state index is 12.1. The van der Waals surface area contributed by atoms with Gasteiger partial charge in [0.1, 0.15) is 11.9 Å². The van der Waals surface area contributed by atoms with E-state index in [-0.39, 0.29) is 17.4 Å². The largest absolute Gasteiger partial charge is 0.485 e. The van der Waals surface area contributed by atoms with Gasteiger partial charge in [-0.15, -0.1) is 0 Å². The van der Waals surface area contributed by atoms with Crippen molar-refractivity contribution < 1.29 is 9.53 Å². The number of carbonyl (C=O) groups is 1. The van der Waals surface area contributed by atoms with E-state index >= 15 is 0 Å². The first kappa shape index (κ1) is 9.95. The van der Waals surface area contributed by atoms with Gasteiger partial charge < -0.3 is 10.1 Å². The minimum Gasteiger partial charge on any atom is -0.485 e. The fourth-order valence-corrected chi connectivity index (χ4v) is 3.39. The van der Waals surface area contributed by atoms with Crippen LogP contribution in [-0.4, -0.2) is 18.6 Å². The Labute approximate surface area is 105 Å². The van der Waals surface area contributed by atoms with Crippen LogP contribution in [0.3, 0.4) is 0 Å². The van der Waals surface area contributed by atoms with Crippen LogP contribution in [0.15, 0.2) is 48.1 Å². The van der Waals surface area contributed by atoms with E-state index in [1.54, 1.807) is 0 Å². The van der Waals surface area contributed by atoms with Gasteiger partial charge in [-0.3, -0.25) is 4.79 Å². The summed E-state index contributed by atoms with van der Waals surface area (Å²) in [6.07, 6.45) is 6.77. The minimum absolute atomic E-state index is 0.0379. The molecule has 18 heavy (non-hydrogen) atoms. The van der Waals surface area contributed by atoms with Crippen molar-refractivity contribution in [3.63, 3.8) is 0 Å². The second kappa shape index (κ2) is 3.25. The van der Waals surface area contributed by atoms with Gasteiger partial charge in [-0.2, -0.15) is 0 Å². The summed E-state index contributed by atoms with van der Waals surface area (Å²) in [6, 6.07) is 8.06. The number of nitrogens with one attached hydrogen (secondary N) is 1. The number of hydrogen-bond acceptors (Lipinski definition) is 2. The Bertz CT molecular complexity index is 602.